The van der Waals surface area contributed by atoms with Crippen LogP contribution in [-0.2, 0) is 0 Å². The molecule has 0 amide bonds. The lowest BCUT2D eigenvalue weighted by Gasteiger charge is -2.48. The van der Waals surface area contributed by atoms with Crippen molar-refractivity contribution in [3.8, 4) is 0 Å². The molecule has 3 heteroatoms. The van der Waals surface area contributed by atoms with Crippen LogP contribution in [0.2, 0.25) is 6.04 Å². The van der Waals surface area contributed by atoms with E-state index in [4.69, 9.17) is 0 Å². The normalized spacial score (nSPS) is 13.1. The van der Waals surface area contributed by atoms with Gasteiger partial charge >= 0.3 is 0 Å². The number of allylic oxidation sites excluding steroid dienone is 1. The molecule has 0 aromatic carbocycles. The Labute approximate surface area is 117 Å². The minimum atomic E-state index is -0.0761. The van der Waals surface area contributed by atoms with Crippen LogP contribution in [0, 0.1) is 0 Å². The molecule has 0 bridgehead atoms. The van der Waals surface area contributed by atoms with Gasteiger partial charge < -0.3 is 0 Å². The van der Waals surface area contributed by atoms with Crippen LogP contribution in [-0.4, -0.2) is 51.2 Å². The molecule has 0 saturated heterocycles. The maximum atomic E-state index is 4.08. The van der Waals surface area contributed by atoms with Crippen LogP contribution in [0.25, 0.3) is 0 Å². The minimum Gasteiger partial charge on any atom is -0.286 e. The van der Waals surface area contributed by atoms with Gasteiger partial charge in [0.25, 0.3) is 0 Å². The first-order valence-corrected chi connectivity index (χ1v) is 9.31. The van der Waals surface area contributed by atoms with Gasteiger partial charge in [-0.3, -0.25) is 9.80 Å². The molecule has 0 aliphatic rings. The van der Waals surface area contributed by atoms with E-state index in [0.717, 1.165) is 26.2 Å². The van der Waals surface area contributed by atoms with Crippen LogP contribution < -0.4 is 0 Å². The van der Waals surface area contributed by atoms with Crippen molar-refractivity contribution in [1.82, 2.24) is 9.80 Å². The Bertz CT molecular complexity index is 221. The van der Waals surface area contributed by atoms with Gasteiger partial charge in [0.2, 0.25) is 0 Å². The van der Waals surface area contributed by atoms with Gasteiger partial charge in [0.1, 0.15) is 0 Å². The van der Waals surface area contributed by atoms with Crippen molar-refractivity contribution < 1.29 is 0 Å². The molecular formula is C15H34N2Si. The van der Waals surface area contributed by atoms with Crippen LogP contribution in [0.5, 0.6) is 0 Å². The average molecular weight is 271 g/mol. The first-order chi connectivity index (χ1) is 8.46. The molecule has 0 aromatic rings. The topological polar surface area (TPSA) is 6.48 Å². The van der Waals surface area contributed by atoms with Crippen molar-refractivity contribution in [3.05, 3.63) is 11.8 Å². The molecular weight excluding hydrogens is 236 g/mol. The molecule has 0 unspecified atom stereocenters. The molecule has 0 saturated carbocycles. The molecule has 0 aromatic heterocycles. The Morgan fingerprint density at radius 1 is 1.00 bits per heavy atom. The van der Waals surface area contributed by atoms with E-state index in [-0.39, 0.29) is 15.2 Å². The third-order valence-corrected chi connectivity index (χ3v) is 5.70. The summed E-state index contributed by atoms with van der Waals surface area (Å²) in [5.74, 6) is 0. The summed E-state index contributed by atoms with van der Waals surface area (Å²) >= 11 is 0. The van der Waals surface area contributed by atoms with Gasteiger partial charge in [0.15, 0.2) is 0 Å². The Balaban J connectivity index is 4.83. The van der Waals surface area contributed by atoms with Gasteiger partial charge in [-0.15, -0.1) is 6.58 Å². The molecule has 0 radical (unpaired) electrons. The van der Waals surface area contributed by atoms with E-state index in [1.165, 1.54) is 17.7 Å². The third kappa shape index (κ3) is 4.86. The van der Waals surface area contributed by atoms with Gasteiger partial charge in [-0.1, -0.05) is 38.9 Å². The Hall–Kier alpha value is -0.123. The van der Waals surface area contributed by atoms with Crippen LogP contribution in [0.1, 0.15) is 48.0 Å². The van der Waals surface area contributed by atoms with Gasteiger partial charge in [-0.05, 0) is 46.4 Å². The number of hydrogen-bond acceptors (Lipinski definition) is 2. The van der Waals surface area contributed by atoms with Gasteiger partial charge in [0, 0.05) is 9.52 Å². The molecule has 0 aliphatic carbocycles. The maximum Gasteiger partial charge on any atom is 0.0705 e. The number of rotatable bonds is 10. The van der Waals surface area contributed by atoms with Crippen molar-refractivity contribution in [3.63, 3.8) is 0 Å². The summed E-state index contributed by atoms with van der Waals surface area (Å²) in [5, 5.41) is 1.44. The second-order valence-corrected chi connectivity index (χ2v) is 7.79. The first kappa shape index (κ1) is 17.9. The highest BCUT2D eigenvalue weighted by molar-refractivity contribution is 6.44. The summed E-state index contributed by atoms with van der Waals surface area (Å²) in [7, 11) is -0.0761. The van der Waals surface area contributed by atoms with Gasteiger partial charge in [-0.2, -0.15) is 0 Å². The van der Waals surface area contributed by atoms with E-state index in [1.807, 2.05) is 0 Å². The van der Waals surface area contributed by atoms with Crippen molar-refractivity contribution in [1.29, 1.82) is 0 Å². The van der Waals surface area contributed by atoms with E-state index < -0.39 is 0 Å². The van der Waals surface area contributed by atoms with E-state index in [1.54, 1.807) is 0 Å². The summed E-state index contributed by atoms with van der Waals surface area (Å²) in [6.07, 6.45) is 1.29. The first-order valence-electron chi connectivity index (χ1n) is 7.60. The molecule has 0 atom stereocenters. The summed E-state index contributed by atoms with van der Waals surface area (Å²) in [6.45, 7) is 22.4. The molecule has 0 N–H and O–H groups in total. The van der Waals surface area contributed by atoms with E-state index in [2.05, 4.69) is 57.9 Å². The fraction of sp³-hybridized carbons (Fsp3) is 0.867. The summed E-state index contributed by atoms with van der Waals surface area (Å²) < 4.78 is 0. The van der Waals surface area contributed by atoms with Crippen LogP contribution in [0.3, 0.4) is 0 Å². The predicted octanol–water partition coefficient (Wildman–Crippen LogP) is 2.90. The quantitative estimate of drug-likeness (QED) is 0.445. The summed E-state index contributed by atoms with van der Waals surface area (Å²) in [6, 6.07) is 1.37. The molecule has 18 heavy (non-hydrogen) atoms. The molecule has 0 aliphatic heterocycles. The number of hydrogen-bond donors (Lipinski definition) is 0. The maximum absolute atomic E-state index is 4.08. The fourth-order valence-corrected chi connectivity index (χ4v) is 4.50. The lowest BCUT2D eigenvalue weighted by molar-refractivity contribution is -0.0386. The Kier molecular flexibility index (Phi) is 8.83. The van der Waals surface area contributed by atoms with E-state index >= 15 is 0 Å². The molecule has 108 valence electrons. The zero-order chi connectivity index (χ0) is 14.2. The van der Waals surface area contributed by atoms with Crippen molar-refractivity contribution in [2.24, 2.45) is 0 Å². The standard InChI is InChI=1S/C15H34N2Si/c1-8-16(9-2)15(7,17(10-3)11-4)12-13-18-14(5)6/h5,8-13,18H2,1-4,6-7H3. The molecule has 2 nitrogen and oxygen atoms in total. The van der Waals surface area contributed by atoms with E-state index in [0.29, 0.717) is 0 Å². The lowest BCUT2D eigenvalue weighted by Crippen LogP contribution is -2.58. The highest BCUT2D eigenvalue weighted by atomic mass is 28.2. The van der Waals surface area contributed by atoms with Crippen LogP contribution >= 0.6 is 0 Å². The summed E-state index contributed by atoms with van der Waals surface area (Å²) in [4.78, 5) is 5.24. The van der Waals surface area contributed by atoms with Gasteiger partial charge in [0.05, 0.1) is 5.66 Å². The molecule has 0 rings (SSSR count). The van der Waals surface area contributed by atoms with Crippen molar-refractivity contribution in [2.45, 2.75) is 59.7 Å². The Morgan fingerprint density at radius 2 is 1.39 bits per heavy atom. The van der Waals surface area contributed by atoms with E-state index in [9.17, 15) is 0 Å². The minimum absolute atomic E-state index is 0.0761. The van der Waals surface area contributed by atoms with Crippen LogP contribution in [0.4, 0.5) is 0 Å². The fourth-order valence-electron chi connectivity index (χ4n) is 3.05. The third-order valence-electron chi connectivity index (χ3n) is 4.14. The van der Waals surface area contributed by atoms with Gasteiger partial charge in [-0.25, -0.2) is 0 Å². The second-order valence-electron chi connectivity index (χ2n) is 5.37. The number of nitrogens with zero attached hydrogens (tertiary/aromatic N) is 2. The molecule has 0 fully saturated rings. The summed E-state index contributed by atoms with van der Waals surface area (Å²) in [5.41, 5.74) is 0.232. The molecule has 0 heterocycles. The molecule has 0 spiro atoms. The lowest BCUT2D eigenvalue weighted by atomic mass is 10.0. The highest BCUT2D eigenvalue weighted by Gasteiger charge is 2.34. The zero-order valence-electron chi connectivity index (χ0n) is 13.6. The second kappa shape index (κ2) is 8.89. The smallest absolute Gasteiger partial charge is 0.0705 e. The zero-order valence-corrected chi connectivity index (χ0v) is 15.0. The van der Waals surface area contributed by atoms with Crippen molar-refractivity contribution in [2.75, 3.05) is 26.2 Å². The SMILES string of the molecule is C=C(C)[SiH2]CCC(C)(N(CC)CC)N(CC)CC. The Morgan fingerprint density at radius 3 is 1.67 bits per heavy atom. The van der Waals surface area contributed by atoms with Crippen LogP contribution in [0.15, 0.2) is 11.8 Å². The monoisotopic (exact) mass is 270 g/mol. The highest BCUT2D eigenvalue weighted by Crippen LogP contribution is 2.26. The predicted molar refractivity (Wildman–Crippen MR) is 87.0 cm³/mol. The average Bonchev–Trinajstić information content (AvgIpc) is 2.31. The largest absolute Gasteiger partial charge is 0.286 e. The van der Waals surface area contributed by atoms with Crippen molar-refractivity contribution >= 4 is 9.52 Å².